The molecule has 0 spiro atoms. The van der Waals surface area contributed by atoms with E-state index in [0.29, 0.717) is 11.3 Å². The normalized spacial score (nSPS) is 10.2. The van der Waals surface area contributed by atoms with Gasteiger partial charge in [0.1, 0.15) is 11.5 Å². The third-order valence-electron chi connectivity index (χ3n) is 2.62. The fourth-order valence-corrected chi connectivity index (χ4v) is 1.56. The van der Waals surface area contributed by atoms with Crippen LogP contribution in [0.15, 0.2) is 24.4 Å². The highest BCUT2D eigenvalue weighted by Gasteiger charge is 2.13. The molecule has 0 unspecified atom stereocenters. The van der Waals surface area contributed by atoms with Gasteiger partial charge < -0.3 is 20.9 Å². The molecule has 0 aliphatic carbocycles. The van der Waals surface area contributed by atoms with Gasteiger partial charge in [0.05, 0.1) is 12.8 Å². The van der Waals surface area contributed by atoms with Crippen molar-refractivity contribution in [2.75, 3.05) is 12.8 Å². The van der Waals surface area contributed by atoms with Gasteiger partial charge in [-0.05, 0) is 12.1 Å². The summed E-state index contributed by atoms with van der Waals surface area (Å²) in [4.78, 5) is 11.8. The van der Waals surface area contributed by atoms with Crippen LogP contribution in [0.4, 0.5) is 5.69 Å². The Labute approximate surface area is 109 Å². The SMILES string of the molecule is COc1ccc(CNC(=O)c2n[nH]cc2N)c(O)c1. The number of nitrogens with zero attached hydrogens (tertiary/aromatic N) is 1. The van der Waals surface area contributed by atoms with Gasteiger partial charge in [-0.1, -0.05) is 0 Å². The van der Waals surface area contributed by atoms with Crippen LogP contribution in [0.1, 0.15) is 16.1 Å². The number of ether oxygens (including phenoxy) is 1. The minimum Gasteiger partial charge on any atom is -0.507 e. The second-order valence-corrected chi connectivity index (χ2v) is 3.87. The van der Waals surface area contributed by atoms with Crippen LogP contribution in [0.2, 0.25) is 0 Å². The van der Waals surface area contributed by atoms with Crippen LogP contribution in [-0.4, -0.2) is 28.3 Å². The maximum atomic E-state index is 11.8. The van der Waals surface area contributed by atoms with E-state index in [-0.39, 0.29) is 23.7 Å². The van der Waals surface area contributed by atoms with Crippen molar-refractivity contribution in [3.63, 3.8) is 0 Å². The summed E-state index contributed by atoms with van der Waals surface area (Å²) in [5, 5.41) is 18.6. The van der Waals surface area contributed by atoms with E-state index >= 15 is 0 Å². The highest BCUT2D eigenvalue weighted by atomic mass is 16.5. The summed E-state index contributed by atoms with van der Waals surface area (Å²) < 4.78 is 4.97. The summed E-state index contributed by atoms with van der Waals surface area (Å²) in [6.45, 7) is 0.168. The molecule has 2 rings (SSSR count). The highest BCUT2D eigenvalue weighted by molar-refractivity contribution is 5.96. The Morgan fingerprint density at radius 1 is 1.58 bits per heavy atom. The van der Waals surface area contributed by atoms with Crippen molar-refractivity contribution < 1.29 is 14.6 Å². The zero-order valence-corrected chi connectivity index (χ0v) is 10.3. The number of aromatic nitrogens is 2. The Bertz CT molecular complexity index is 594. The average molecular weight is 262 g/mol. The number of hydrogen-bond donors (Lipinski definition) is 4. The number of benzene rings is 1. The molecule has 1 heterocycles. The summed E-state index contributed by atoms with van der Waals surface area (Å²) in [6, 6.07) is 4.84. The van der Waals surface area contributed by atoms with E-state index in [2.05, 4.69) is 15.5 Å². The van der Waals surface area contributed by atoms with E-state index in [0.717, 1.165) is 0 Å². The lowest BCUT2D eigenvalue weighted by Gasteiger charge is -2.08. The van der Waals surface area contributed by atoms with Gasteiger partial charge in [-0.25, -0.2) is 0 Å². The van der Waals surface area contributed by atoms with Crippen LogP contribution >= 0.6 is 0 Å². The van der Waals surface area contributed by atoms with E-state index in [1.165, 1.54) is 19.4 Å². The zero-order valence-electron chi connectivity index (χ0n) is 10.3. The highest BCUT2D eigenvalue weighted by Crippen LogP contribution is 2.23. The van der Waals surface area contributed by atoms with Crippen LogP contribution in [0.5, 0.6) is 11.5 Å². The van der Waals surface area contributed by atoms with Crippen molar-refractivity contribution in [2.24, 2.45) is 0 Å². The summed E-state index contributed by atoms with van der Waals surface area (Å²) in [7, 11) is 1.51. The first kappa shape index (κ1) is 12.7. The number of aromatic hydroxyl groups is 1. The molecule has 100 valence electrons. The number of amides is 1. The molecule has 1 amide bonds. The Hall–Kier alpha value is -2.70. The summed E-state index contributed by atoms with van der Waals surface area (Å²) >= 11 is 0. The molecule has 19 heavy (non-hydrogen) atoms. The van der Waals surface area contributed by atoms with E-state index < -0.39 is 5.91 Å². The van der Waals surface area contributed by atoms with Crippen LogP contribution in [0, 0.1) is 0 Å². The number of aromatic amines is 1. The Balaban J connectivity index is 2.03. The molecule has 5 N–H and O–H groups in total. The van der Waals surface area contributed by atoms with Gasteiger partial charge >= 0.3 is 0 Å². The standard InChI is InChI=1S/C12H14N4O3/c1-19-8-3-2-7(10(17)4-8)5-14-12(18)11-9(13)6-15-16-11/h2-4,6,17H,5,13H2,1H3,(H,14,18)(H,15,16). The van der Waals surface area contributed by atoms with Crippen molar-refractivity contribution in [3.8, 4) is 11.5 Å². The van der Waals surface area contributed by atoms with Crippen LogP contribution in [-0.2, 0) is 6.54 Å². The molecule has 1 aromatic carbocycles. The van der Waals surface area contributed by atoms with E-state index in [9.17, 15) is 9.90 Å². The number of phenols is 1. The van der Waals surface area contributed by atoms with Gasteiger partial charge in [-0.3, -0.25) is 9.89 Å². The van der Waals surface area contributed by atoms with Crippen molar-refractivity contribution in [1.82, 2.24) is 15.5 Å². The number of rotatable bonds is 4. The number of hydrogen-bond acceptors (Lipinski definition) is 5. The average Bonchev–Trinajstić information content (AvgIpc) is 2.83. The maximum Gasteiger partial charge on any atom is 0.274 e. The smallest absolute Gasteiger partial charge is 0.274 e. The number of nitrogens with two attached hydrogens (primary N) is 1. The second-order valence-electron chi connectivity index (χ2n) is 3.87. The lowest BCUT2D eigenvalue weighted by atomic mass is 10.2. The lowest BCUT2D eigenvalue weighted by Crippen LogP contribution is -2.24. The molecular formula is C12H14N4O3. The minimum atomic E-state index is -0.408. The summed E-state index contributed by atoms with van der Waals surface area (Å²) in [5.41, 5.74) is 6.54. The van der Waals surface area contributed by atoms with Gasteiger partial charge in [0, 0.05) is 24.4 Å². The lowest BCUT2D eigenvalue weighted by molar-refractivity contribution is 0.0946. The Morgan fingerprint density at radius 2 is 2.37 bits per heavy atom. The van der Waals surface area contributed by atoms with Gasteiger partial charge in [0.15, 0.2) is 5.69 Å². The first-order valence-corrected chi connectivity index (χ1v) is 5.55. The topological polar surface area (TPSA) is 113 Å². The Kier molecular flexibility index (Phi) is 3.56. The maximum absolute atomic E-state index is 11.8. The molecule has 2 aromatic rings. The van der Waals surface area contributed by atoms with Crippen molar-refractivity contribution in [1.29, 1.82) is 0 Å². The number of carbonyl (C=O) groups is 1. The van der Waals surface area contributed by atoms with Gasteiger partial charge in [-0.15, -0.1) is 0 Å². The van der Waals surface area contributed by atoms with E-state index in [1.54, 1.807) is 12.1 Å². The second kappa shape index (κ2) is 5.30. The first-order valence-electron chi connectivity index (χ1n) is 5.55. The van der Waals surface area contributed by atoms with Crippen molar-refractivity contribution in [3.05, 3.63) is 35.7 Å². The largest absolute Gasteiger partial charge is 0.507 e. The molecule has 7 heteroatoms. The number of carbonyl (C=O) groups excluding carboxylic acids is 1. The fourth-order valence-electron chi connectivity index (χ4n) is 1.56. The number of nitrogen functional groups attached to an aromatic ring is 1. The molecule has 0 aliphatic rings. The number of phenolic OH excluding ortho intramolecular Hbond substituents is 1. The molecular weight excluding hydrogens is 248 g/mol. The zero-order chi connectivity index (χ0) is 13.8. The molecule has 1 aromatic heterocycles. The number of anilines is 1. The molecule has 0 saturated carbocycles. The molecule has 0 radical (unpaired) electrons. The predicted octanol–water partition coefficient (Wildman–Crippen LogP) is 0.636. The summed E-state index contributed by atoms with van der Waals surface area (Å²) in [5.74, 6) is 0.188. The number of H-pyrrole nitrogens is 1. The molecule has 0 aliphatic heterocycles. The Morgan fingerprint density at radius 3 is 2.95 bits per heavy atom. The van der Waals surface area contributed by atoms with Gasteiger partial charge in [0.2, 0.25) is 0 Å². The van der Waals surface area contributed by atoms with Crippen LogP contribution < -0.4 is 15.8 Å². The minimum absolute atomic E-state index is 0.0506. The number of nitrogens with one attached hydrogen (secondary N) is 2. The van der Waals surface area contributed by atoms with Crippen LogP contribution in [0.3, 0.4) is 0 Å². The molecule has 0 atom stereocenters. The monoisotopic (exact) mass is 262 g/mol. The van der Waals surface area contributed by atoms with Gasteiger partial charge in [0.25, 0.3) is 5.91 Å². The quantitative estimate of drug-likeness (QED) is 0.645. The first-order chi connectivity index (χ1) is 9.11. The molecule has 0 fully saturated rings. The van der Waals surface area contributed by atoms with Crippen molar-refractivity contribution >= 4 is 11.6 Å². The van der Waals surface area contributed by atoms with Crippen molar-refractivity contribution in [2.45, 2.75) is 6.54 Å². The van der Waals surface area contributed by atoms with Gasteiger partial charge in [-0.2, -0.15) is 5.10 Å². The number of methoxy groups -OCH3 is 1. The molecule has 0 saturated heterocycles. The fraction of sp³-hybridized carbons (Fsp3) is 0.167. The molecule has 7 nitrogen and oxygen atoms in total. The van der Waals surface area contributed by atoms with E-state index in [1.807, 2.05) is 0 Å². The third-order valence-corrected chi connectivity index (χ3v) is 2.62. The van der Waals surface area contributed by atoms with Crippen LogP contribution in [0.25, 0.3) is 0 Å². The third kappa shape index (κ3) is 2.76. The summed E-state index contributed by atoms with van der Waals surface area (Å²) in [6.07, 6.45) is 1.43. The van der Waals surface area contributed by atoms with E-state index in [4.69, 9.17) is 10.5 Å². The predicted molar refractivity (Wildman–Crippen MR) is 68.8 cm³/mol. The molecule has 0 bridgehead atoms.